The summed E-state index contributed by atoms with van der Waals surface area (Å²) in [5.41, 5.74) is 1.30. The monoisotopic (exact) mass is 418 g/mol. The van der Waals surface area contributed by atoms with E-state index in [0.29, 0.717) is 48.1 Å². The zero-order chi connectivity index (χ0) is 21.2. The fraction of sp³-hybridized carbons (Fsp3) is 0.364. The van der Waals surface area contributed by atoms with Crippen LogP contribution in [0.4, 0.5) is 5.69 Å². The second kappa shape index (κ2) is 11.3. The van der Waals surface area contributed by atoms with Crippen molar-refractivity contribution >= 4 is 29.1 Å². The van der Waals surface area contributed by atoms with E-state index in [1.165, 1.54) is 0 Å². The highest BCUT2D eigenvalue weighted by molar-refractivity contribution is 6.34. The third kappa shape index (κ3) is 6.39. The molecule has 2 aromatic rings. The number of hydrogen-bond donors (Lipinski definition) is 2. The van der Waals surface area contributed by atoms with E-state index in [2.05, 4.69) is 10.6 Å². The molecule has 6 nitrogen and oxygen atoms in total. The van der Waals surface area contributed by atoms with Crippen LogP contribution in [0.15, 0.2) is 36.4 Å². The molecule has 0 bridgehead atoms. The van der Waals surface area contributed by atoms with Gasteiger partial charge in [-0.05, 0) is 56.2 Å². The third-order valence-corrected chi connectivity index (χ3v) is 4.29. The van der Waals surface area contributed by atoms with Crippen LogP contribution < -0.4 is 20.1 Å². The fourth-order valence-corrected chi connectivity index (χ4v) is 2.83. The molecular weight excluding hydrogens is 392 g/mol. The standard InChI is InChI=1S/C22H27ClN2O4/c1-4-11-24-22(27)17-9-8-16(14-18(17)23)25-21(26)15-7-10-19(29-12-5-2)20(13-15)28-6-3/h7-10,13-14H,4-6,11-12H2,1-3H3,(H,24,27)(H,25,26). The van der Waals surface area contributed by atoms with E-state index in [9.17, 15) is 9.59 Å². The Balaban J connectivity index is 2.14. The van der Waals surface area contributed by atoms with Gasteiger partial charge in [0.15, 0.2) is 11.5 Å². The zero-order valence-corrected chi connectivity index (χ0v) is 17.8. The molecule has 0 saturated heterocycles. The number of amides is 2. The molecular formula is C22H27ClN2O4. The molecule has 0 atom stereocenters. The van der Waals surface area contributed by atoms with Gasteiger partial charge in [0.25, 0.3) is 11.8 Å². The Morgan fingerprint density at radius 1 is 0.931 bits per heavy atom. The Hall–Kier alpha value is -2.73. The van der Waals surface area contributed by atoms with Crippen LogP contribution in [0.3, 0.4) is 0 Å². The number of benzene rings is 2. The first kappa shape index (κ1) is 22.6. The predicted molar refractivity (Wildman–Crippen MR) is 115 cm³/mol. The van der Waals surface area contributed by atoms with Crippen molar-refractivity contribution in [1.29, 1.82) is 0 Å². The summed E-state index contributed by atoms with van der Waals surface area (Å²) in [6.07, 6.45) is 1.71. The van der Waals surface area contributed by atoms with Crippen LogP contribution in [0.25, 0.3) is 0 Å². The number of ether oxygens (including phenoxy) is 2. The highest BCUT2D eigenvalue weighted by Gasteiger charge is 2.14. The van der Waals surface area contributed by atoms with Crippen molar-refractivity contribution in [3.05, 3.63) is 52.5 Å². The van der Waals surface area contributed by atoms with Crippen molar-refractivity contribution in [2.45, 2.75) is 33.6 Å². The maximum Gasteiger partial charge on any atom is 0.255 e. The first-order valence-electron chi connectivity index (χ1n) is 9.78. The molecule has 2 amide bonds. The lowest BCUT2D eigenvalue weighted by Gasteiger charge is -2.13. The molecule has 2 N–H and O–H groups in total. The van der Waals surface area contributed by atoms with Crippen LogP contribution in [-0.2, 0) is 0 Å². The van der Waals surface area contributed by atoms with Gasteiger partial charge >= 0.3 is 0 Å². The normalized spacial score (nSPS) is 10.3. The minimum atomic E-state index is -0.313. The average molecular weight is 419 g/mol. The minimum absolute atomic E-state index is 0.237. The van der Waals surface area contributed by atoms with E-state index in [4.69, 9.17) is 21.1 Å². The number of nitrogens with one attached hydrogen (secondary N) is 2. The smallest absolute Gasteiger partial charge is 0.255 e. The van der Waals surface area contributed by atoms with Crippen LogP contribution in [0, 0.1) is 0 Å². The summed E-state index contributed by atoms with van der Waals surface area (Å²) in [5, 5.41) is 5.84. The van der Waals surface area contributed by atoms with E-state index in [-0.39, 0.29) is 16.8 Å². The molecule has 2 rings (SSSR count). The summed E-state index contributed by atoms with van der Waals surface area (Å²) >= 11 is 6.22. The maximum atomic E-state index is 12.6. The largest absolute Gasteiger partial charge is 0.490 e. The molecule has 0 aliphatic carbocycles. The molecule has 156 valence electrons. The summed E-state index contributed by atoms with van der Waals surface area (Å²) in [4.78, 5) is 24.7. The molecule has 7 heteroatoms. The van der Waals surface area contributed by atoms with Gasteiger partial charge in [0.1, 0.15) is 0 Å². The van der Waals surface area contributed by atoms with Gasteiger partial charge < -0.3 is 20.1 Å². The first-order chi connectivity index (χ1) is 14.0. The Morgan fingerprint density at radius 2 is 1.72 bits per heavy atom. The summed E-state index contributed by atoms with van der Waals surface area (Å²) in [5.74, 6) is 0.580. The number of hydrogen-bond acceptors (Lipinski definition) is 4. The van der Waals surface area contributed by atoms with Crippen molar-refractivity contribution in [2.24, 2.45) is 0 Å². The van der Waals surface area contributed by atoms with Crippen molar-refractivity contribution in [3.63, 3.8) is 0 Å². The highest BCUT2D eigenvalue weighted by Crippen LogP contribution is 2.29. The lowest BCUT2D eigenvalue weighted by molar-refractivity contribution is 0.0953. The summed E-state index contributed by atoms with van der Waals surface area (Å²) < 4.78 is 11.3. The maximum absolute atomic E-state index is 12.6. The molecule has 2 aromatic carbocycles. The number of anilines is 1. The van der Waals surface area contributed by atoms with E-state index in [1.54, 1.807) is 36.4 Å². The molecule has 0 saturated carbocycles. The van der Waals surface area contributed by atoms with Crippen LogP contribution in [0.2, 0.25) is 5.02 Å². The molecule has 0 aliphatic heterocycles. The van der Waals surface area contributed by atoms with Crippen molar-refractivity contribution < 1.29 is 19.1 Å². The molecule has 0 aliphatic rings. The van der Waals surface area contributed by atoms with Crippen molar-refractivity contribution in [3.8, 4) is 11.5 Å². The van der Waals surface area contributed by atoms with E-state index in [1.807, 2.05) is 20.8 Å². The summed E-state index contributed by atoms with van der Waals surface area (Å²) in [6.45, 7) is 7.48. The predicted octanol–water partition coefficient (Wildman–Crippen LogP) is 4.92. The number of carbonyl (C=O) groups is 2. The van der Waals surface area contributed by atoms with Gasteiger partial charge in [0, 0.05) is 17.8 Å². The van der Waals surface area contributed by atoms with Gasteiger partial charge in [-0.1, -0.05) is 25.4 Å². The SMILES string of the molecule is CCCNC(=O)c1ccc(NC(=O)c2ccc(OCCC)c(OCC)c2)cc1Cl. The third-order valence-electron chi connectivity index (χ3n) is 3.97. The first-order valence-corrected chi connectivity index (χ1v) is 10.2. The lowest BCUT2D eigenvalue weighted by Crippen LogP contribution is -2.24. The van der Waals surface area contributed by atoms with Crippen LogP contribution >= 0.6 is 11.6 Å². The average Bonchev–Trinajstić information content (AvgIpc) is 2.71. The highest BCUT2D eigenvalue weighted by atomic mass is 35.5. The molecule has 0 fully saturated rings. The zero-order valence-electron chi connectivity index (χ0n) is 17.0. The number of rotatable bonds is 10. The lowest BCUT2D eigenvalue weighted by atomic mass is 10.1. The number of carbonyl (C=O) groups excluding carboxylic acids is 2. The number of halogens is 1. The topological polar surface area (TPSA) is 76.7 Å². The van der Waals surface area contributed by atoms with Gasteiger partial charge in [-0.15, -0.1) is 0 Å². The van der Waals surface area contributed by atoms with E-state index < -0.39 is 0 Å². The van der Waals surface area contributed by atoms with Crippen molar-refractivity contribution in [1.82, 2.24) is 5.32 Å². The Morgan fingerprint density at radius 3 is 2.38 bits per heavy atom. The Kier molecular flexibility index (Phi) is 8.80. The van der Waals surface area contributed by atoms with Gasteiger partial charge in [-0.25, -0.2) is 0 Å². The quantitative estimate of drug-likeness (QED) is 0.574. The molecule has 0 radical (unpaired) electrons. The van der Waals surface area contributed by atoms with E-state index >= 15 is 0 Å². The van der Waals surface area contributed by atoms with Crippen LogP contribution in [0.1, 0.15) is 54.3 Å². The molecule has 0 unspecified atom stereocenters. The molecule has 0 aromatic heterocycles. The molecule has 29 heavy (non-hydrogen) atoms. The fourth-order valence-electron chi connectivity index (χ4n) is 2.56. The van der Waals surface area contributed by atoms with Gasteiger partial charge in [0.2, 0.25) is 0 Å². The summed E-state index contributed by atoms with van der Waals surface area (Å²) in [6, 6.07) is 9.85. The van der Waals surface area contributed by atoms with Crippen LogP contribution in [-0.4, -0.2) is 31.6 Å². The van der Waals surface area contributed by atoms with Gasteiger partial charge in [-0.3, -0.25) is 9.59 Å². The summed E-state index contributed by atoms with van der Waals surface area (Å²) in [7, 11) is 0. The second-order valence-corrected chi connectivity index (χ2v) is 6.75. The van der Waals surface area contributed by atoms with E-state index in [0.717, 1.165) is 12.8 Å². The van der Waals surface area contributed by atoms with Crippen molar-refractivity contribution in [2.75, 3.05) is 25.1 Å². The molecule has 0 heterocycles. The Labute approximate surface area is 176 Å². The minimum Gasteiger partial charge on any atom is -0.490 e. The van der Waals surface area contributed by atoms with Gasteiger partial charge in [-0.2, -0.15) is 0 Å². The Bertz CT molecular complexity index is 855. The molecule has 0 spiro atoms. The van der Waals surface area contributed by atoms with Gasteiger partial charge in [0.05, 0.1) is 23.8 Å². The van der Waals surface area contributed by atoms with Crippen LogP contribution in [0.5, 0.6) is 11.5 Å². The second-order valence-electron chi connectivity index (χ2n) is 6.35.